The van der Waals surface area contributed by atoms with Gasteiger partial charge in [-0.25, -0.2) is 4.98 Å². The van der Waals surface area contributed by atoms with Crippen molar-refractivity contribution < 1.29 is 5.11 Å². The molecule has 3 nitrogen and oxygen atoms in total. The van der Waals surface area contributed by atoms with Gasteiger partial charge in [0.15, 0.2) is 0 Å². The van der Waals surface area contributed by atoms with Crippen LogP contribution in [0.15, 0.2) is 36.7 Å². The first-order valence-electron chi connectivity index (χ1n) is 6.33. The third kappa shape index (κ3) is 2.46. The molecule has 2 aromatic rings. The van der Waals surface area contributed by atoms with Gasteiger partial charge in [0.05, 0.1) is 5.60 Å². The van der Waals surface area contributed by atoms with E-state index in [2.05, 4.69) is 16.5 Å². The maximum atomic E-state index is 10.7. The number of imidazole rings is 1. The monoisotopic (exact) mass is 244 g/mol. The second-order valence-electron chi connectivity index (χ2n) is 4.90. The van der Waals surface area contributed by atoms with Crippen LogP contribution in [-0.4, -0.2) is 14.7 Å². The Bertz CT molecular complexity index is 529. The average molecular weight is 244 g/mol. The van der Waals surface area contributed by atoms with E-state index >= 15 is 0 Å². The normalized spacial score (nSPS) is 14.4. The number of aryl methyl sites for hydroxylation is 2. The van der Waals surface area contributed by atoms with Gasteiger partial charge in [-0.3, -0.25) is 0 Å². The molecule has 3 heteroatoms. The minimum Gasteiger partial charge on any atom is -0.385 e. The molecule has 0 aliphatic rings. The number of benzene rings is 1. The smallest absolute Gasteiger partial charge is 0.111 e. The third-order valence-corrected chi connectivity index (χ3v) is 3.37. The molecule has 1 unspecified atom stereocenters. The summed E-state index contributed by atoms with van der Waals surface area (Å²) in [5.41, 5.74) is 1.19. The lowest BCUT2D eigenvalue weighted by atomic mass is 9.89. The van der Waals surface area contributed by atoms with E-state index in [4.69, 9.17) is 0 Å². The summed E-state index contributed by atoms with van der Waals surface area (Å²) in [6, 6.07) is 7.95. The fourth-order valence-electron chi connectivity index (χ4n) is 2.38. The van der Waals surface area contributed by atoms with E-state index < -0.39 is 5.60 Å². The minimum atomic E-state index is -0.885. The maximum absolute atomic E-state index is 10.7. The molecule has 18 heavy (non-hydrogen) atoms. The maximum Gasteiger partial charge on any atom is 0.111 e. The van der Waals surface area contributed by atoms with Crippen LogP contribution in [0.4, 0.5) is 0 Å². The summed E-state index contributed by atoms with van der Waals surface area (Å²) in [5, 5.41) is 10.7. The Morgan fingerprint density at radius 1 is 1.33 bits per heavy atom. The molecular formula is C15H20N2O. The molecule has 1 atom stereocenters. The van der Waals surface area contributed by atoms with E-state index in [0.717, 1.165) is 23.5 Å². The molecule has 0 bridgehead atoms. The molecule has 0 amide bonds. The number of rotatable bonds is 4. The Labute approximate surface area is 108 Å². The van der Waals surface area contributed by atoms with Crippen molar-refractivity contribution in [3.63, 3.8) is 0 Å². The van der Waals surface area contributed by atoms with Crippen LogP contribution in [0.3, 0.4) is 0 Å². The Balaban J connectivity index is 2.30. The van der Waals surface area contributed by atoms with Gasteiger partial charge in [-0.05, 0) is 31.9 Å². The molecular weight excluding hydrogens is 224 g/mol. The van der Waals surface area contributed by atoms with Gasteiger partial charge in [0.1, 0.15) is 5.82 Å². The van der Waals surface area contributed by atoms with Crippen LogP contribution < -0.4 is 0 Å². The number of aliphatic hydroxyl groups is 1. The summed E-state index contributed by atoms with van der Waals surface area (Å²) in [6.07, 6.45) is 4.26. The predicted molar refractivity (Wildman–Crippen MR) is 72.4 cm³/mol. The number of hydrogen-bond acceptors (Lipinski definition) is 2. The van der Waals surface area contributed by atoms with Crippen molar-refractivity contribution in [2.24, 2.45) is 0 Å². The molecule has 1 N–H and O–H groups in total. The molecule has 0 fully saturated rings. The Morgan fingerprint density at radius 3 is 2.72 bits per heavy atom. The summed E-state index contributed by atoms with van der Waals surface area (Å²) < 4.78 is 2.06. The highest BCUT2D eigenvalue weighted by Crippen LogP contribution is 2.27. The molecule has 2 rings (SSSR count). The zero-order valence-corrected chi connectivity index (χ0v) is 11.2. The van der Waals surface area contributed by atoms with E-state index in [1.807, 2.05) is 44.3 Å². The zero-order valence-electron chi connectivity index (χ0n) is 11.2. The summed E-state index contributed by atoms with van der Waals surface area (Å²) in [6.45, 7) is 6.83. The van der Waals surface area contributed by atoms with Crippen molar-refractivity contribution in [3.8, 4) is 0 Å². The first kappa shape index (κ1) is 12.8. The van der Waals surface area contributed by atoms with Gasteiger partial charge < -0.3 is 9.67 Å². The van der Waals surface area contributed by atoms with Crippen molar-refractivity contribution in [1.29, 1.82) is 0 Å². The second-order valence-corrected chi connectivity index (χ2v) is 4.90. The van der Waals surface area contributed by atoms with E-state index in [0.29, 0.717) is 6.42 Å². The van der Waals surface area contributed by atoms with Gasteiger partial charge in [0.25, 0.3) is 0 Å². The average Bonchev–Trinajstić information content (AvgIpc) is 2.76. The molecule has 0 spiro atoms. The highest BCUT2D eigenvalue weighted by molar-refractivity contribution is 5.31. The molecule has 0 radical (unpaired) electrons. The first-order chi connectivity index (χ1) is 8.54. The Hall–Kier alpha value is -1.61. The van der Waals surface area contributed by atoms with Gasteiger partial charge in [0, 0.05) is 25.4 Å². The van der Waals surface area contributed by atoms with E-state index in [1.165, 1.54) is 0 Å². The van der Waals surface area contributed by atoms with Crippen molar-refractivity contribution in [2.45, 2.75) is 39.3 Å². The van der Waals surface area contributed by atoms with Crippen LogP contribution in [0, 0.1) is 6.92 Å². The lowest BCUT2D eigenvalue weighted by Crippen LogP contribution is -2.27. The summed E-state index contributed by atoms with van der Waals surface area (Å²) >= 11 is 0. The van der Waals surface area contributed by atoms with Crippen LogP contribution >= 0.6 is 0 Å². The topological polar surface area (TPSA) is 38.0 Å². The van der Waals surface area contributed by atoms with Gasteiger partial charge in [0.2, 0.25) is 0 Å². The molecule has 1 aromatic heterocycles. The van der Waals surface area contributed by atoms with Gasteiger partial charge in [-0.2, -0.15) is 0 Å². The van der Waals surface area contributed by atoms with Crippen LogP contribution in [0.5, 0.6) is 0 Å². The van der Waals surface area contributed by atoms with Crippen LogP contribution in [0.25, 0.3) is 0 Å². The van der Waals surface area contributed by atoms with E-state index in [9.17, 15) is 5.11 Å². The molecule has 1 aromatic carbocycles. The lowest BCUT2D eigenvalue weighted by molar-refractivity contribution is 0.0539. The molecule has 1 heterocycles. The third-order valence-electron chi connectivity index (χ3n) is 3.37. The van der Waals surface area contributed by atoms with Crippen molar-refractivity contribution in [1.82, 2.24) is 9.55 Å². The molecule has 0 saturated carbocycles. The first-order valence-corrected chi connectivity index (χ1v) is 6.33. The van der Waals surface area contributed by atoms with Crippen molar-refractivity contribution in [3.05, 3.63) is 53.6 Å². The van der Waals surface area contributed by atoms with Crippen LogP contribution in [0.2, 0.25) is 0 Å². The van der Waals surface area contributed by atoms with Gasteiger partial charge in [-0.1, -0.05) is 24.3 Å². The van der Waals surface area contributed by atoms with Crippen molar-refractivity contribution in [2.75, 3.05) is 0 Å². The van der Waals surface area contributed by atoms with E-state index in [-0.39, 0.29) is 0 Å². The largest absolute Gasteiger partial charge is 0.385 e. The number of nitrogens with zero attached hydrogens (tertiary/aromatic N) is 2. The fourth-order valence-corrected chi connectivity index (χ4v) is 2.38. The second kappa shape index (κ2) is 4.94. The quantitative estimate of drug-likeness (QED) is 0.898. The standard InChI is InChI=1S/C15H20N2O/c1-4-17-10-9-16-14(17)11-15(3,18)13-8-6-5-7-12(13)2/h5-10,18H,4,11H2,1-3H3. The van der Waals surface area contributed by atoms with Crippen molar-refractivity contribution >= 4 is 0 Å². The fraction of sp³-hybridized carbons (Fsp3) is 0.400. The lowest BCUT2D eigenvalue weighted by Gasteiger charge is -2.25. The van der Waals surface area contributed by atoms with E-state index in [1.54, 1.807) is 6.20 Å². The summed E-state index contributed by atoms with van der Waals surface area (Å²) in [5.74, 6) is 0.922. The summed E-state index contributed by atoms with van der Waals surface area (Å²) in [7, 11) is 0. The SMILES string of the molecule is CCn1ccnc1CC(C)(O)c1ccccc1C. The molecule has 0 saturated heterocycles. The Morgan fingerprint density at radius 2 is 2.06 bits per heavy atom. The minimum absolute atomic E-state index is 0.526. The highest BCUT2D eigenvalue weighted by Gasteiger charge is 2.26. The predicted octanol–water partition coefficient (Wildman–Crippen LogP) is 2.66. The molecule has 0 aliphatic carbocycles. The highest BCUT2D eigenvalue weighted by atomic mass is 16.3. The van der Waals surface area contributed by atoms with Gasteiger partial charge >= 0.3 is 0 Å². The summed E-state index contributed by atoms with van der Waals surface area (Å²) in [4.78, 5) is 4.33. The Kier molecular flexibility index (Phi) is 3.53. The molecule has 96 valence electrons. The number of hydrogen-bond donors (Lipinski definition) is 1. The molecule has 0 aliphatic heterocycles. The zero-order chi connectivity index (χ0) is 13.2. The van der Waals surface area contributed by atoms with Gasteiger partial charge in [-0.15, -0.1) is 0 Å². The number of aromatic nitrogens is 2. The van der Waals surface area contributed by atoms with Crippen LogP contribution in [-0.2, 0) is 18.6 Å². The van der Waals surface area contributed by atoms with Crippen LogP contribution in [0.1, 0.15) is 30.8 Å².